The zero-order valence-corrected chi connectivity index (χ0v) is 22.7. The smallest absolute Gasteiger partial charge is 0.244 e. The van der Waals surface area contributed by atoms with Crippen LogP contribution < -0.4 is 14.8 Å². The van der Waals surface area contributed by atoms with Crippen molar-refractivity contribution in [2.45, 2.75) is 51.9 Å². The van der Waals surface area contributed by atoms with E-state index in [9.17, 15) is 14.4 Å². The third-order valence-corrected chi connectivity index (χ3v) is 7.31. The number of nitrogens with zero attached hydrogens (tertiary/aromatic N) is 2. The summed E-state index contributed by atoms with van der Waals surface area (Å²) in [6.07, 6.45) is 5.57. The molecule has 8 nitrogen and oxygen atoms in total. The van der Waals surface area contributed by atoms with Crippen molar-refractivity contribution in [3.8, 4) is 17.2 Å². The van der Waals surface area contributed by atoms with Gasteiger partial charge >= 0.3 is 0 Å². The van der Waals surface area contributed by atoms with Crippen molar-refractivity contribution in [2.24, 2.45) is 5.92 Å². The molecule has 0 saturated carbocycles. The molecule has 0 unspecified atom stereocenters. The summed E-state index contributed by atoms with van der Waals surface area (Å²) in [5.41, 5.74) is 0.424. The number of ether oxygens (including phenoxy) is 2. The first-order valence-corrected chi connectivity index (χ1v) is 13.8. The summed E-state index contributed by atoms with van der Waals surface area (Å²) in [5.74, 6) is 1.57. The van der Waals surface area contributed by atoms with Crippen LogP contribution in [0, 0.1) is 5.92 Å². The predicted molar refractivity (Wildman–Crippen MR) is 147 cm³/mol. The van der Waals surface area contributed by atoms with Crippen LogP contribution in [-0.4, -0.2) is 60.3 Å². The third kappa shape index (κ3) is 7.87. The first-order valence-electron chi connectivity index (χ1n) is 13.4. The van der Waals surface area contributed by atoms with Crippen LogP contribution in [0.4, 0.5) is 5.69 Å². The van der Waals surface area contributed by atoms with Crippen molar-refractivity contribution in [1.29, 1.82) is 0 Å². The van der Waals surface area contributed by atoms with Gasteiger partial charge in [0.05, 0.1) is 18.8 Å². The van der Waals surface area contributed by atoms with E-state index in [4.69, 9.17) is 21.1 Å². The van der Waals surface area contributed by atoms with Crippen LogP contribution in [0.15, 0.2) is 42.5 Å². The number of likely N-dealkylation sites (tertiary alicyclic amines) is 1. The molecule has 1 N–H and O–H groups in total. The third-order valence-electron chi connectivity index (χ3n) is 7.08. The van der Waals surface area contributed by atoms with Gasteiger partial charge in [-0.2, -0.15) is 0 Å². The fourth-order valence-corrected chi connectivity index (χ4v) is 5.06. The van der Waals surface area contributed by atoms with E-state index in [1.807, 2.05) is 29.2 Å². The highest BCUT2D eigenvalue weighted by Gasteiger charge is 2.26. The second-order valence-corrected chi connectivity index (χ2v) is 10.4. The van der Waals surface area contributed by atoms with Gasteiger partial charge in [-0.25, -0.2) is 0 Å². The molecule has 1 fully saturated rings. The molecule has 3 amide bonds. The Morgan fingerprint density at radius 1 is 0.947 bits per heavy atom. The van der Waals surface area contributed by atoms with Crippen molar-refractivity contribution in [3.05, 3.63) is 47.5 Å². The van der Waals surface area contributed by atoms with Gasteiger partial charge in [-0.05, 0) is 61.9 Å². The molecule has 0 atom stereocenters. The van der Waals surface area contributed by atoms with E-state index >= 15 is 0 Å². The molecule has 9 heteroatoms. The van der Waals surface area contributed by atoms with Crippen LogP contribution >= 0.6 is 11.6 Å². The Balaban J connectivity index is 1.48. The summed E-state index contributed by atoms with van der Waals surface area (Å²) < 4.78 is 12.1. The number of fused-ring (bicyclic) bond motifs is 2. The van der Waals surface area contributed by atoms with Crippen molar-refractivity contribution in [1.82, 2.24) is 9.80 Å². The number of piperidine rings is 1. The summed E-state index contributed by atoms with van der Waals surface area (Å²) in [4.78, 5) is 41.6. The van der Waals surface area contributed by atoms with E-state index in [0.29, 0.717) is 60.6 Å². The fourth-order valence-electron chi connectivity index (χ4n) is 4.88. The maximum Gasteiger partial charge on any atom is 0.244 e. The Hall–Kier alpha value is -3.26. The molecule has 0 radical (unpaired) electrons. The minimum atomic E-state index is -0.312. The largest absolute Gasteiger partial charge is 0.490 e. The number of halogens is 1. The van der Waals surface area contributed by atoms with Crippen molar-refractivity contribution in [2.75, 3.05) is 38.1 Å². The summed E-state index contributed by atoms with van der Waals surface area (Å²) >= 11 is 6.23. The maximum atomic E-state index is 13.3. The maximum absolute atomic E-state index is 13.3. The molecule has 1 saturated heterocycles. The lowest BCUT2D eigenvalue weighted by atomic mass is 9.93. The van der Waals surface area contributed by atoms with E-state index < -0.39 is 0 Å². The fraction of sp³-hybridized carbons (Fsp3) is 0.483. The zero-order valence-electron chi connectivity index (χ0n) is 21.9. The molecular weight excluding hydrogens is 506 g/mol. The van der Waals surface area contributed by atoms with Crippen LogP contribution in [0.3, 0.4) is 0 Å². The number of hydrogen-bond donors (Lipinski definition) is 1. The van der Waals surface area contributed by atoms with Crippen molar-refractivity contribution < 1.29 is 23.9 Å². The molecule has 38 heavy (non-hydrogen) atoms. The molecule has 0 bridgehead atoms. The van der Waals surface area contributed by atoms with Gasteiger partial charge in [0.25, 0.3) is 0 Å². The van der Waals surface area contributed by atoms with Crippen LogP contribution in [0.5, 0.6) is 17.2 Å². The van der Waals surface area contributed by atoms with Crippen LogP contribution in [-0.2, 0) is 14.4 Å². The van der Waals surface area contributed by atoms with Gasteiger partial charge in [0, 0.05) is 38.0 Å². The molecule has 2 aromatic rings. The first kappa shape index (κ1) is 27.8. The van der Waals surface area contributed by atoms with Gasteiger partial charge in [-0.15, -0.1) is 0 Å². The topological polar surface area (TPSA) is 88.2 Å². The Labute approximate surface area is 229 Å². The van der Waals surface area contributed by atoms with Gasteiger partial charge < -0.3 is 24.6 Å². The Kier molecular flexibility index (Phi) is 9.87. The van der Waals surface area contributed by atoms with Crippen molar-refractivity contribution >= 4 is 35.0 Å². The number of nitrogens with one attached hydrogen (secondary N) is 1. The highest BCUT2D eigenvalue weighted by Crippen LogP contribution is 2.36. The van der Waals surface area contributed by atoms with Gasteiger partial charge in [0.1, 0.15) is 0 Å². The van der Waals surface area contributed by atoms with E-state index in [1.165, 1.54) is 0 Å². The summed E-state index contributed by atoms with van der Waals surface area (Å²) in [6, 6.07) is 12.5. The summed E-state index contributed by atoms with van der Waals surface area (Å²) in [7, 11) is 0. The summed E-state index contributed by atoms with van der Waals surface area (Å²) in [6.45, 7) is 3.97. The summed E-state index contributed by atoms with van der Waals surface area (Å²) in [5, 5.41) is 3.35. The first-order chi connectivity index (χ1) is 18.4. The average Bonchev–Trinajstić information content (AvgIpc) is 2.89. The molecule has 2 aliphatic rings. The molecule has 0 aliphatic carbocycles. The lowest BCUT2D eigenvalue weighted by molar-refractivity contribution is -0.136. The predicted octanol–water partition coefficient (Wildman–Crippen LogP) is 5.50. The molecular formula is C29H36ClN3O5. The number of carbonyl (C=O) groups excluding carboxylic acids is 3. The van der Waals surface area contributed by atoms with Crippen molar-refractivity contribution in [3.63, 3.8) is 0 Å². The number of hydrogen-bond acceptors (Lipinski definition) is 5. The van der Waals surface area contributed by atoms with E-state index in [2.05, 4.69) is 5.32 Å². The number of rotatable bonds is 2. The lowest BCUT2D eigenvalue weighted by Gasteiger charge is -2.32. The van der Waals surface area contributed by atoms with Crippen LogP contribution in [0.25, 0.3) is 0 Å². The lowest BCUT2D eigenvalue weighted by Crippen LogP contribution is -2.41. The SMILES string of the molecule is CC(=O)N1CCC(CC(=O)N2CCCCCCOc3ccccc3Oc3ccc(Cl)cc3NC(=O)C2)CC1. The molecule has 2 heterocycles. The number of anilines is 1. The Morgan fingerprint density at radius 2 is 1.68 bits per heavy atom. The standard InChI is InChI=1S/C29H36ClN3O5/c1-21(34)32-15-12-22(13-16-32)18-29(36)33-14-6-2-3-7-17-37-26-8-4-5-9-27(26)38-25-11-10-23(30)19-24(25)31-28(35)20-33/h4-5,8-11,19,22H,2-3,6-7,12-18,20H2,1H3,(H,31,35). The van der Waals surface area contributed by atoms with E-state index in [1.54, 1.807) is 30.0 Å². The number of amides is 3. The molecule has 2 aliphatic heterocycles. The quantitative estimate of drug-likeness (QED) is 0.542. The Bertz CT molecular complexity index is 1130. The highest BCUT2D eigenvalue weighted by atomic mass is 35.5. The average molecular weight is 542 g/mol. The minimum Gasteiger partial charge on any atom is -0.490 e. The Morgan fingerprint density at radius 3 is 2.45 bits per heavy atom. The molecule has 2 aromatic carbocycles. The minimum absolute atomic E-state index is 0.0256. The molecule has 204 valence electrons. The van der Waals surface area contributed by atoms with Gasteiger partial charge in [0.15, 0.2) is 17.2 Å². The normalized spacial score (nSPS) is 17.9. The molecule has 4 rings (SSSR count). The highest BCUT2D eigenvalue weighted by molar-refractivity contribution is 6.31. The monoisotopic (exact) mass is 541 g/mol. The molecule has 0 spiro atoms. The van der Waals surface area contributed by atoms with Gasteiger partial charge in [-0.1, -0.05) is 36.6 Å². The van der Waals surface area contributed by atoms with Gasteiger partial charge in [-0.3, -0.25) is 14.4 Å². The van der Waals surface area contributed by atoms with Crippen LogP contribution in [0.2, 0.25) is 5.02 Å². The second kappa shape index (κ2) is 13.5. The number of para-hydroxylation sites is 2. The molecule has 0 aromatic heterocycles. The van der Waals surface area contributed by atoms with E-state index in [0.717, 1.165) is 38.5 Å². The zero-order chi connectivity index (χ0) is 26.9. The van der Waals surface area contributed by atoms with Gasteiger partial charge in [0.2, 0.25) is 17.7 Å². The number of benzene rings is 2. The van der Waals surface area contributed by atoms with E-state index in [-0.39, 0.29) is 30.2 Å². The van der Waals surface area contributed by atoms with Crippen LogP contribution in [0.1, 0.15) is 51.9 Å². The number of carbonyl (C=O) groups is 3. The second-order valence-electron chi connectivity index (χ2n) is 9.97.